The normalized spacial score (nSPS) is 13.3. The Labute approximate surface area is 120 Å². The van der Waals surface area contributed by atoms with Gasteiger partial charge in [-0.3, -0.25) is 4.99 Å². The van der Waals surface area contributed by atoms with Crippen LogP contribution in [0.15, 0.2) is 34.3 Å². The molecule has 1 aliphatic rings. The molecule has 1 heterocycles. The first-order valence-electron chi connectivity index (χ1n) is 5.85. The largest absolute Gasteiger partial charge is 0.454 e. The molecular weight excluding hydrogens is 310 g/mol. The fraction of sp³-hybridized carbons (Fsp3) is 0.308. The van der Waals surface area contributed by atoms with Crippen LogP contribution in [0.1, 0.15) is 5.56 Å². The van der Waals surface area contributed by atoms with Crippen molar-refractivity contribution in [3.63, 3.8) is 0 Å². The number of ether oxygens (including phenoxy) is 2. The quantitative estimate of drug-likeness (QED) is 0.656. The number of aliphatic imine (C=N–C) groups is 1. The van der Waals surface area contributed by atoms with Crippen LogP contribution in [0, 0.1) is 0 Å². The van der Waals surface area contributed by atoms with E-state index in [0.29, 0.717) is 19.9 Å². The van der Waals surface area contributed by atoms with Gasteiger partial charge in [0, 0.05) is 24.6 Å². The van der Waals surface area contributed by atoms with E-state index >= 15 is 0 Å². The molecule has 5 nitrogen and oxygen atoms in total. The molecule has 0 aliphatic carbocycles. The predicted octanol–water partition coefficient (Wildman–Crippen LogP) is 1.99. The summed E-state index contributed by atoms with van der Waals surface area (Å²) in [6.07, 6.45) is 0. The van der Waals surface area contributed by atoms with Crippen LogP contribution in [-0.2, 0) is 6.54 Å². The van der Waals surface area contributed by atoms with Crippen molar-refractivity contribution >= 4 is 21.9 Å². The Hall–Kier alpha value is -1.69. The number of benzene rings is 1. The molecule has 2 N–H and O–H groups in total. The molecule has 0 atom stereocenters. The summed E-state index contributed by atoms with van der Waals surface area (Å²) in [6, 6.07) is 5.87. The van der Waals surface area contributed by atoms with Gasteiger partial charge in [-0.2, -0.15) is 0 Å². The van der Waals surface area contributed by atoms with E-state index in [1.54, 1.807) is 7.05 Å². The minimum Gasteiger partial charge on any atom is -0.454 e. The molecule has 0 spiro atoms. The van der Waals surface area contributed by atoms with Gasteiger partial charge in [0.25, 0.3) is 0 Å². The van der Waals surface area contributed by atoms with E-state index in [-0.39, 0.29) is 0 Å². The van der Waals surface area contributed by atoms with Gasteiger partial charge >= 0.3 is 0 Å². The maximum Gasteiger partial charge on any atom is 0.231 e. The Morgan fingerprint density at radius 2 is 2.16 bits per heavy atom. The second kappa shape index (κ2) is 6.47. The van der Waals surface area contributed by atoms with Gasteiger partial charge in [-0.05, 0) is 17.7 Å². The number of fused-ring (bicyclic) bond motifs is 1. The van der Waals surface area contributed by atoms with Crippen molar-refractivity contribution < 1.29 is 9.47 Å². The molecule has 19 heavy (non-hydrogen) atoms. The molecule has 0 saturated carbocycles. The molecule has 1 aromatic rings. The van der Waals surface area contributed by atoms with Crippen LogP contribution in [-0.4, -0.2) is 26.3 Å². The fourth-order valence-electron chi connectivity index (χ4n) is 1.64. The third-order valence-electron chi connectivity index (χ3n) is 2.57. The number of halogens is 1. The lowest BCUT2D eigenvalue weighted by atomic mass is 10.2. The summed E-state index contributed by atoms with van der Waals surface area (Å²) in [5, 5.41) is 6.34. The molecule has 102 valence electrons. The highest BCUT2D eigenvalue weighted by Gasteiger charge is 2.13. The number of rotatable bonds is 4. The van der Waals surface area contributed by atoms with Crippen molar-refractivity contribution in [1.29, 1.82) is 0 Å². The van der Waals surface area contributed by atoms with Gasteiger partial charge in [0.1, 0.15) is 0 Å². The Balaban J connectivity index is 1.89. The van der Waals surface area contributed by atoms with E-state index in [1.165, 1.54) is 0 Å². The van der Waals surface area contributed by atoms with Gasteiger partial charge in [-0.15, -0.1) is 0 Å². The molecule has 0 radical (unpaired) electrons. The van der Waals surface area contributed by atoms with Crippen LogP contribution in [0.25, 0.3) is 0 Å². The maximum absolute atomic E-state index is 5.34. The van der Waals surface area contributed by atoms with Gasteiger partial charge in [0.15, 0.2) is 17.5 Å². The van der Waals surface area contributed by atoms with Crippen LogP contribution in [0.2, 0.25) is 0 Å². The Bertz CT molecular complexity index is 503. The zero-order valence-corrected chi connectivity index (χ0v) is 12.3. The highest BCUT2D eigenvalue weighted by molar-refractivity contribution is 9.11. The van der Waals surface area contributed by atoms with Crippen molar-refractivity contribution in [1.82, 2.24) is 10.6 Å². The van der Waals surface area contributed by atoms with Crippen molar-refractivity contribution in [2.24, 2.45) is 4.99 Å². The van der Waals surface area contributed by atoms with E-state index in [4.69, 9.17) is 9.47 Å². The van der Waals surface area contributed by atoms with E-state index in [0.717, 1.165) is 27.5 Å². The summed E-state index contributed by atoms with van der Waals surface area (Å²) in [5.41, 5.74) is 1.10. The lowest BCUT2D eigenvalue weighted by molar-refractivity contribution is 0.174. The van der Waals surface area contributed by atoms with E-state index in [1.807, 2.05) is 18.2 Å². The van der Waals surface area contributed by atoms with Crippen LogP contribution in [0.5, 0.6) is 11.5 Å². The molecule has 0 bridgehead atoms. The molecule has 0 amide bonds. The zero-order valence-electron chi connectivity index (χ0n) is 10.7. The Morgan fingerprint density at radius 3 is 2.89 bits per heavy atom. The van der Waals surface area contributed by atoms with Crippen LogP contribution in [0.4, 0.5) is 0 Å². The molecule has 0 fully saturated rings. The molecule has 1 aromatic carbocycles. The van der Waals surface area contributed by atoms with Gasteiger partial charge in [-0.25, -0.2) is 0 Å². The number of nitrogens with one attached hydrogen (secondary N) is 2. The average molecular weight is 326 g/mol. The van der Waals surface area contributed by atoms with E-state index < -0.39 is 0 Å². The van der Waals surface area contributed by atoms with E-state index in [9.17, 15) is 0 Å². The van der Waals surface area contributed by atoms with Gasteiger partial charge in [-0.1, -0.05) is 28.6 Å². The van der Waals surface area contributed by atoms with Gasteiger partial charge in [0.05, 0.1) is 0 Å². The maximum atomic E-state index is 5.34. The summed E-state index contributed by atoms with van der Waals surface area (Å²) in [4.78, 5) is 4.12. The number of hydrogen-bond acceptors (Lipinski definition) is 3. The second-order valence-corrected chi connectivity index (χ2v) is 5.11. The number of nitrogens with zero attached hydrogens (tertiary/aromatic N) is 1. The second-order valence-electron chi connectivity index (χ2n) is 3.98. The molecule has 0 aromatic heterocycles. The molecule has 2 rings (SSSR count). The standard InChI is InChI=1S/C13H16BrN3O2/c1-9(14)6-16-13(15-2)17-7-10-3-4-11-12(5-10)19-8-18-11/h3-5H,1,6-8H2,2H3,(H2,15,16,17). The molecule has 0 unspecified atom stereocenters. The van der Waals surface area contributed by atoms with Crippen molar-refractivity contribution in [3.05, 3.63) is 34.8 Å². The minimum atomic E-state index is 0.294. The van der Waals surface area contributed by atoms with Crippen molar-refractivity contribution in [2.75, 3.05) is 20.4 Å². The molecular formula is C13H16BrN3O2. The van der Waals surface area contributed by atoms with Gasteiger partial charge < -0.3 is 20.1 Å². The monoisotopic (exact) mass is 325 g/mol. The average Bonchev–Trinajstić information content (AvgIpc) is 2.86. The third kappa shape index (κ3) is 3.89. The first-order chi connectivity index (χ1) is 9.19. The topological polar surface area (TPSA) is 54.9 Å². The number of hydrogen-bond donors (Lipinski definition) is 2. The van der Waals surface area contributed by atoms with Crippen LogP contribution < -0.4 is 20.1 Å². The summed E-state index contributed by atoms with van der Waals surface area (Å²) >= 11 is 3.29. The molecule has 6 heteroatoms. The first-order valence-corrected chi connectivity index (χ1v) is 6.64. The van der Waals surface area contributed by atoms with Crippen molar-refractivity contribution in [2.45, 2.75) is 6.54 Å². The molecule has 0 saturated heterocycles. The highest BCUT2D eigenvalue weighted by Crippen LogP contribution is 2.32. The Morgan fingerprint density at radius 1 is 1.37 bits per heavy atom. The SMILES string of the molecule is C=C(Br)CNC(=NC)NCc1ccc2c(c1)OCO2. The lowest BCUT2D eigenvalue weighted by Gasteiger charge is -2.11. The van der Waals surface area contributed by atoms with E-state index in [2.05, 4.69) is 38.1 Å². The Kier molecular flexibility index (Phi) is 4.68. The first kappa shape index (κ1) is 13.7. The van der Waals surface area contributed by atoms with Gasteiger partial charge in [0.2, 0.25) is 6.79 Å². The predicted molar refractivity (Wildman–Crippen MR) is 78.8 cm³/mol. The summed E-state index contributed by atoms with van der Waals surface area (Å²) in [6.45, 7) is 5.34. The zero-order chi connectivity index (χ0) is 13.7. The third-order valence-corrected chi connectivity index (χ3v) is 2.85. The summed E-state index contributed by atoms with van der Waals surface area (Å²) in [7, 11) is 1.73. The minimum absolute atomic E-state index is 0.294. The summed E-state index contributed by atoms with van der Waals surface area (Å²) in [5.74, 6) is 2.30. The van der Waals surface area contributed by atoms with Crippen LogP contribution in [0.3, 0.4) is 0 Å². The summed E-state index contributed by atoms with van der Waals surface area (Å²) < 4.78 is 11.5. The van der Waals surface area contributed by atoms with Crippen molar-refractivity contribution in [3.8, 4) is 11.5 Å². The highest BCUT2D eigenvalue weighted by atomic mass is 79.9. The smallest absolute Gasteiger partial charge is 0.231 e. The lowest BCUT2D eigenvalue weighted by Crippen LogP contribution is -2.37. The number of guanidine groups is 1. The fourth-order valence-corrected chi connectivity index (χ4v) is 1.78. The van der Waals surface area contributed by atoms with Crippen LogP contribution >= 0.6 is 15.9 Å². The molecule has 1 aliphatic heterocycles.